The Labute approximate surface area is 98.3 Å². The van der Waals surface area contributed by atoms with Crippen molar-refractivity contribution in [2.24, 2.45) is 0 Å². The molecule has 0 aliphatic heterocycles. The van der Waals surface area contributed by atoms with E-state index in [1.807, 2.05) is 0 Å². The van der Waals surface area contributed by atoms with Crippen molar-refractivity contribution in [2.45, 2.75) is 64.9 Å². The van der Waals surface area contributed by atoms with Gasteiger partial charge in [-0.15, -0.1) is 0 Å². The summed E-state index contributed by atoms with van der Waals surface area (Å²) < 4.78 is 11.0. The Morgan fingerprint density at radius 1 is 1.00 bits per heavy atom. The maximum Gasteiger partial charge on any atom is 0.146 e. The third-order valence-corrected chi connectivity index (χ3v) is 3.75. The fourth-order valence-corrected chi connectivity index (χ4v) is 1.48. The molecule has 0 atom stereocenters. The van der Waals surface area contributed by atoms with Crippen molar-refractivity contribution in [3.63, 3.8) is 0 Å². The Bertz CT molecular complexity index is 138. The van der Waals surface area contributed by atoms with E-state index < -0.39 is 0 Å². The summed E-state index contributed by atoms with van der Waals surface area (Å²) in [6.45, 7) is 8.04. The van der Waals surface area contributed by atoms with Crippen LogP contribution in [0.25, 0.3) is 0 Å². The van der Waals surface area contributed by atoms with Gasteiger partial charge in [0.05, 0.1) is 12.2 Å². The number of rotatable bonds is 10. The van der Waals surface area contributed by atoms with Gasteiger partial charge in [-0.1, -0.05) is 39.0 Å². The molecule has 0 rings (SSSR count). The SMILES string of the molecule is CCCCCCCCOCC(C)(C)O[SiH3]. The van der Waals surface area contributed by atoms with E-state index >= 15 is 0 Å². The van der Waals surface area contributed by atoms with Crippen LogP contribution in [0.1, 0.15) is 59.3 Å². The third-order valence-electron chi connectivity index (χ3n) is 2.64. The highest BCUT2D eigenvalue weighted by Crippen LogP contribution is 2.08. The second kappa shape index (κ2) is 9.37. The highest BCUT2D eigenvalue weighted by atomic mass is 28.2. The van der Waals surface area contributed by atoms with E-state index in [0.717, 1.165) is 23.7 Å². The van der Waals surface area contributed by atoms with Gasteiger partial charge in [0, 0.05) is 6.61 Å². The minimum Gasteiger partial charge on any atom is -0.421 e. The predicted octanol–water partition coefficient (Wildman–Crippen LogP) is 2.44. The van der Waals surface area contributed by atoms with Gasteiger partial charge in [0.15, 0.2) is 0 Å². The van der Waals surface area contributed by atoms with Crippen LogP contribution in [0.3, 0.4) is 0 Å². The molecule has 0 saturated heterocycles. The average Bonchev–Trinajstić information content (AvgIpc) is 2.22. The van der Waals surface area contributed by atoms with Crippen LogP contribution in [0.4, 0.5) is 0 Å². The van der Waals surface area contributed by atoms with Crippen LogP contribution in [0.15, 0.2) is 0 Å². The van der Waals surface area contributed by atoms with Crippen LogP contribution >= 0.6 is 0 Å². The van der Waals surface area contributed by atoms with E-state index in [4.69, 9.17) is 9.16 Å². The molecular formula is C12H28O2Si. The fourth-order valence-electron chi connectivity index (χ4n) is 1.36. The van der Waals surface area contributed by atoms with E-state index in [0.29, 0.717) is 0 Å². The van der Waals surface area contributed by atoms with Crippen molar-refractivity contribution in [3.8, 4) is 0 Å². The van der Waals surface area contributed by atoms with Crippen molar-refractivity contribution in [3.05, 3.63) is 0 Å². The van der Waals surface area contributed by atoms with Gasteiger partial charge in [0.25, 0.3) is 0 Å². The van der Waals surface area contributed by atoms with Crippen molar-refractivity contribution in [2.75, 3.05) is 13.2 Å². The summed E-state index contributed by atoms with van der Waals surface area (Å²) in [6.07, 6.45) is 7.94. The predicted molar refractivity (Wildman–Crippen MR) is 69.3 cm³/mol. The number of ether oxygens (including phenoxy) is 1. The first-order chi connectivity index (χ1) is 7.12. The van der Waals surface area contributed by atoms with Gasteiger partial charge in [0.2, 0.25) is 0 Å². The Morgan fingerprint density at radius 2 is 1.60 bits per heavy atom. The third kappa shape index (κ3) is 10.4. The summed E-state index contributed by atoms with van der Waals surface area (Å²) in [5.41, 5.74) is -0.0750. The molecule has 0 amide bonds. The molecule has 0 N–H and O–H groups in total. The van der Waals surface area contributed by atoms with Crippen LogP contribution in [0, 0.1) is 0 Å². The summed E-state index contributed by atoms with van der Waals surface area (Å²) in [4.78, 5) is 0. The summed E-state index contributed by atoms with van der Waals surface area (Å²) in [5.74, 6) is 0. The zero-order chi connectivity index (χ0) is 11.6. The molecule has 0 spiro atoms. The summed E-state index contributed by atoms with van der Waals surface area (Å²) >= 11 is 0. The lowest BCUT2D eigenvalue weighted by Gasteiger charge is -2.23. The second-order valence-corrected chi connectivity index (χ2v) is 5.19. The molecule has 0 unspecified atom stereocenters. The summed E-state index contributed by atoms with van der Waals surface area (Å²) in [7, 11) is 0.788. The minimum atomic E-state index is -0.0750. The molecule has 0 fully saturated rings. The van der Waals surface area contributed by atoms with E-state index in [-0.39, 0.29) is 5.60 Å². The number of unbranched alkanes of at least 4 members (excludes halogenated alkanes) is 5. The lowest BCUT2D eigenvalue weighted by Crippen LogP contribution is -2.29. The van der Waals surface area contributed by atoms with E-state index in [9.17, 15) is 0 Å². The maximum atomic E-state index is 5.59. The Morgan fingerprint density at radius 3 is 2.20 bits per heavy atom. The van der Waals surface area contributed by atoms with E-state index in [1.165, 1.54) is 38.5 Å². The first-order valence-corrected chi connectivity index (χ1v) is 7.07. The zero-order valence-corrected chi connectivity index (χ0v) is 13.0. The van der Waals surface area contributed by atoms with Crippen LogP contribution in [-0.4, -0.2) is 29.3 Å². The normalized spacial score (nSPS) is 12.2. The molecule has 0 aromatic carbocycles. The highest BCUT2D eigenvalue weighted by Gasteiger charge is 2.14. The molecular weight excluding hydrogens is 204 g/mol. The van der Waals surface area contributed by atoms with Gasteiger partial charge in [0.1, 0.15) is 10.5 Å². The minimum absolute atomic E-state index is 0.0750. The second-order valence-electron chi connectivity index (χ2n) is 4.78. The Hall–Kier alpha value is 0.137. The molecule has 3 heteroatoms. The van der Waals surface area contributed by atoms with Gasteiger partial charge in [-0.05, 0) is 20.3 Å². The van der Waals surface area contributed by atoms with Crippen LogP contribution in [0.5, 0.6) is 0 Å². The monoisotopic (exact) mass is 232 g/mol. The fraction of sp³-hybridized carbons (Fsp3) is 1.00. The quantitative estimate of drug-likeness (QED) is 0.425. The summed E-state index contributed by atoms with van der Waals surface area (Å²) in [5, 5.41) is 0. The molecule has 0 heterocycles. The molecule has 15 heavy (non-hydrogen) atoms. The highest BCUT2D eigenvalue weighted by molar-refractivity contribution is 5.98. The molecule has 2 nitrogen and oxygen atoms in total. The van der Waals surface area contributed by atoms with Crippen LogP contribution < -0.4 is 0 Å². The van der Waals surface area contributed by atoms with Crippen molar-refractivity contribution >= 4 is 10.5 Å². The van der Waals surface area contributed by atoms with Gasteiger partial charge in [-0.3, -0.25) is 0 Å². The van der Waals surface area contributed by atoms with Crippen LogP contribution in [-0.2, 0) is 9.16 Å². The van der Waals surface area contributed by atoms with Crippen molar-refractivity contribution < 1.29 is 9.16 Å². The molecule has 0 aliphatic carbocycles. The van der Waals surface area contributed by atoms with Gasteiger partial charge >= 0.3 is 0 Å². The summed E-state index contributed by atoms with van der Waals surface area (Å²) in [6, 6.07) is 0. The molecule has 0 bridgehead atoms. The first-order valence-electron chi connectivity index (χ1n) is 6.25. The topological polar surface area (TPSA) is 18.5 Å². The number of hydrogen-bond acceptors (Lipinski definition) is 2. The molecule has 92 valence electrons. The van der Waals surface area contributed by atoms with Crippen molar-refractivity contribution in [1.82, 2.24) is 0 Å². The van der Waals surface area contributed by atoms with Crippen LogP contribution in [0.2, 0.25) is 0 Å². The van der Waals surface area contributed by atoms with E-state index in [1.54, 1.807) is 0 Å². The van der Waals surface area contributed by atoms with E-state index in [2.05, 4.69) is 20.8 Å². The first kappa shape index (κ1) is 15.1. The lowest BCUT2D eigenvalue weighted by atomic mass is 10.1. The molecule has 0 saturated carbocycles. The molecule has 0 radical (unpaired) electrons. The molecule has 0 aromatic heterocycles. The molecule has 0 aromatic rings. The smallest absolute Gasteiger partial charge is 0.146 e. The maximum absolute atomic E-state index is 5.59. The Kier molecular flexibility index (Phi) is 9.45. The zero-order valence-electron chi connectivity index (χ0n) is 11.0. The van der Waals surface area contributed by atoms with Gasteiger partial charge < -0.3 is 9.16 Å². The van der Waals surface area contributed by atoms with Crippen molar-refractivity contribution in [1.29, 1.82) is 0 Å². The largest absolute Gasteiger partial charge is 0.421 e. The average molecular weight is 232 g/mol. The lowest BCUT2D eigenvalue weighted by molar-refractivity contribution is 0.000341. The number of hydrogen-bond donors (Lipinski definition) is 0. The standard InChI is InChI=1S/C12H28O2Si/c1-4-5-6-7-8-9-10-13-11-12(2,3)14-15/h4-11H2,1-3,15H3. The van der Waals surface area contributed by atoms with Gasteiger partial charge in [-0.2, -0.15) is 0 Å². The Balaban J connectivity index is 3.11. The van der Waals surface area contributed by atoms with Gasteiger partial charge in [-0.25, -0.2) is 0 Å². The molecule has 0 aliphatic rings.